The van der Waals surface area contributed by atoms with Crippen LogP contribution in [0.15, 0.2) is 16.9 Å². The van der Waals surface area contributed by atoms with Crippen LogP contribution >= 0.6 is 0 Å². The molecule has 2 N–H and O–H groups in total. The lowest BCUT2D eigenvalue weighted by molar-refractivity contribution is -0.200. The van der Waals surface area contributed by atoms with Gasteiger partial charge in [0.15, 0.2) is 5.60 Å². The molecule has 3 fully saturated rings. The zero-order valence-electron chi connectivity index (χ0n) is 22.7. The summed E-state index contributed by atoms with van der Waals surface area (Å²) >= 11 is 0. The average Bonchev–Trinajstić information content (AvgIpc) is 3.26. The molecule has 4 aliphatic carbocycles. The van der Waals surface area contributed by atoms with Crippen molar-refractivity contribution in [1.29, 1.82) is 0 Å². The fraction of sp³-hybridized carbons (Fsp3) is 0.484. The summed E-state index contributed by atoms with van der Waals surface area (Å²) in [5.41, 5.74) is 2.91. The van der Waals surface area contributed by atoms with Gasteiger partial charge in [-0.2, -0.15) is 0 Å². The lowest BCUT2D eigenvalue weighted by atomic mass is 9.35. The molecule has 1 amide bonds. The Balaban J connectivity index is 1.33. The summed E-state index contributed by atoms with van der Waals surface area (Å²) in [7, 11) is 0. The van der Waals surface area contributed by atoms with E-state index in [1.54, 1.807) is 24.5 Å². The standard InChI is InChI=1S/C31H30FN3O5/c1-4-31(39)18-7-22-25-16(9-35(22)26(36)17(18)10-40-28(31)38)24-20(34-27(37)30-11-29(3,12-30)13-30)6-5-15-14(2)19(32)8-21(33-25)23(15)24/h7-8,20,39H,4-6,9-13H2,1-3H3,(H,34,37)/t20-,29?,30?,31-/m0/s1. The van der Waals surface area contributed by atoms with Gasteiger partial charge in [0.2, 0.25) is 5.91 Å². The van der Waals surface area contributed by atoms with E-state index in [4.69, 9.17) is 9.72 Å². The van der Waals surface area contributed by atoms with Crippen molar-refractivity contribution in [1.82, 2.24) is 14.9 Å². The summed E-state index contributed by atoms with van der Waals surface area (Å²) < 4.78 is 21.9. The van der Waals surface area contributed by atoms with E-state index in [-0.39, 0.29) is 59.4 Å². The van der Waals surface area contributed by atoms with Crippen molar-refractivity contribution in [3.63, 3.8) is 0 Å². The Morgan fingerprint density at radius 3 is 2.67 bits per heavy atom. The Morgan fingerprint density at radius 1 is 1.23 bits per heavy atom. The molecule has 2 aromatic heterocycles. The largest absolute Gasteiger partial charge is 0.458 e. The first kappa shape index (κ1) is 24.2. The van der Waals surface area contributed by atoms with Crippen molar-refractivity contribution in [3.8, 4) is 11.4 Å². The molecule has 6 aliphatic rings. The topological polar surface area (TPSA) is 111 Å². The maximum absolute atomic E-state index is 15.1. The third kappa shape index (κ3) is 2.79. The quantitative estimate of drug-likeness (QED) is 0.380. The fourth-order valence-corrected chi connectivity index (χ4v) is 8.55. The zero-order valence-corrected chi connectivity index (χ0v) is 22.7. The third-order valence-corrected chi connectivity index (χ3v) is 10.5. The molecule has 0 unspecified atom stereocenters. The van der Waals surface area contributed by atoms with Crippen molar-refractivity contribution in [2.45, 2.75) is 84.1 Å². The number of hydrogen-bond donors (Lipinski definition) is 2. The van der Waals surface area contributed by atoms with Gasteiger partial charge >= 0.3 is 5.97 Å². The van der Waals surface area contributed by atoms with E-state index in [0.717, 1.165) is 41.3 Å². The van der Waals surface area contributed by atoms with Gasteiger partial charge in [0.25, 0.3) is 5.56 Å². The number of aromatic nitrogens is 2. The van der Waals surface area contributed by atoms with Gasteiger partial charge in [0, 0.05) is 22.6 Å². The van der Waals surface area contributed by atoms with Gasteiger partial charge in [-0.25, -0.2) is 14.2 Å². The van der Waals surface area contributed by atoms with Crippen molar-refractivity contribution in [3.05, 3.63) is 61.7 Å². The summed E-state index contributed by atoms with van der Waals surface area (Å²) in [5, 5.41) is 15.4. The molecule has 2 bridgehead atoms. The van der Waals surface area contributed by atoms with Crippen LogP contribution < -0.4 is 10.9 Å². The molecule has 8 nitrogen and oxygen atoms in total. The van der Waals surface area contributed by atoms with Crippen LogP contribution in [0, 0.1) is 23.6 Å². The van der Waals surface area contributed by atoms with Gasteiger partial charge in [-0.15, -0.1) is 0 Å². The average molecular weight is 544 g/mol. The Labute approximate surface area is 229 Å². The van der Waals surface area contributed by atoms with Crippen LogP contribution in [0.2, 0.25) is 0 Å². The number of carbonyl (C=O) groups excluding carboxylic acids is 2. The van der Waals surface area contributed by atoms with E-state index >= 15 is 4.39 Å². The summed E-state index contributed by atoms with van der Waals surface area (Å²) in [5.74, 6) is -1.04. The first-order valence-corrected chi connectivity index (χ1v) is 14.1. The molecule has 9 rings (SSSR count). The fourth-order valence-electron chi connectivity index (χ4n) is 8.55. The number of aliphatic hydroxyl groups is 1. The van der Waals surface area contributed by atoms with E-state index in [1.165, 1.54) is 6.07 Å². The van der Waals surface area contributed by atoms with Crippen molar-refractivity contribution in [2.24, 2.45) is 10.8 Å². The van der Waals surface area contributed by atoms with E-state index < -0.39 is 11.6 Å². The van der Waals surface area contributed by atoms with Gasteiger partial charge in [-0.05, 0) is 73.6 Å². The van der Waals surface area contributed by atoms with Gasteiger partial charge in [-0.3, -0.25) is 9.59 Å². The van der Waals surface area contributed by atoms with E-state index in [1.807, 2.05) is 0 Å². The smallest absolute Gasteiger partial charge is 0.343 e. The number of fused-ring (bicyclic) bond motifs is 5. The minimum absolute atomic E-state index is 0.0493. The van der Waals surface area contributed by atoms with E-state index in [2.05, 4.69) is 12.2 Å². The Morgan fingerprint density at radius 2 is 1.98 bits per heavy atom. The molecule has 0 radical (unpaired) electrons. The molecule has 40 heavy (non-hydrogen) atoms. The minimum atomic E-state index is -1.93. The SMILES string of the molecule is CC[C@@]1(O)C(=O)OCc2c1cc1n(c2=O)Cc2c-1nc1cc(F)c(C)c3c1c2[C@@H](NC(=O)C12CC(C)(C1)C2)CC3. The number of halogens is 1. The summed E-state index contributed by atoms with van der Waals surface area (Å²) in [4.78, 5) is 44.7. The number of ether oxygens (including phenoxy) is 1. The highest BCUT2D eigenvalue weighted by Gasteiger charge is 2.69. The number of rotatable bonds is 3. The molecule has 2 aliphatic heterocycles. The van der Waals surface area contributed by atoms with Crippen molar-refractivity contribution in [2.75, 3.05) is 0 Å². The van der Waals surface area contributed by atoms with Crippen LogP contribution in [0.5, 0.6) is 0 Å². The molecule has 0 saturated heterocycles. The molecule has 2 atom stereocenters. The first-order valence-electron chi connectivity index (χ1n) is 14.1. The number of nitrogens with one attached hydrogen (secondary N) is 1. The predicted molar refractivity (Wildman–Crippen MR) is 143 cm³/mol. The normalized spacial score (nSPS) is 30.5. The number of hydrogen-bond acceptors (Lipinski definition) is 6. The second-order valence-corrected chi connectivity index (χ2v) is 13.0. The molecular weight excluding hydrogens is 513 g/mol. The second-order valence-electron chi connectivity index (χ2n) is 13.0. The van der Waals surface area contributed by atoms with E-state index in [9.17, 15) is 19.5 Å². The number of pyridine rings is 2. The second kappa shape index (κ2) is 7.37. The number of aryl methyl sites for hydroxylation is 1. The van der Waals surface area contributed by atoms with Crippen molar-refractivity contribution < 1.29 is 23.8 Å². The lowest BCUT2D eigenvalue weighted by Crippen LogP contribution is -2.66. The molecule has 3 saturated carbocycles. The van der Waals surface area contributed by atoms with E-state index in [0.29, 0.717) is 40.7 Å². The molecule has 3 aromatic rings. The minimum Gasteiger partial charge on any atom is -0.458 e. The Kier molecular flexibility index (Phi) is 4.47. The number of amides is 1. The molecule has 206 valence electrons. The third-order valence-electron chi connectivity index (χ3n) is 10.5. The van der Waals surface area contributed by atoms with Crippen LogP contribution in [0.25, 0.3) is 22.3 Å². The van der Waals surface area contributed by atoms with Crippen molar-refractivity contribution >= 4 is 22.8 Å². The van der Waals surface area contributed by atoms with Crippen LogP contribution in [0.1, 0.15) is 85.4 Å². The number of carbonyl (C=O) groups is 2. The predicted octanol–water partition coefficient (Wildman–Crippen LogP) is 3.82. The van der Waals surface area contributed by atoms with Crippen LogP contribution in [-0.4, -0.2) is 26.5 Å². The van der Waals surface area contributed by atoms with Crippen LogP contribution in [0.4, 0.5) is 4.39 Å². The lowest BCUT2D eigenvalue weighted by Gasteiger charge is -2.68. The molecule has 1 aromatic carbocycles. The summed E-state index contributed by atoms with van der Waals surface area (Å²) in [6.45, 7) is 5.69. The zero-order chi connectivity index (χ0) is 27.9. The number of esters is 1. The maximum atomic E-state index is 15.1. The first-order chi connectivity index (χ1) is 19.0. The Hall–Kier alpha value is -3.59. The monoisotopic (exact) mass is 543 g/mol. The number of nitrogens with zero attached hydrogens (tertiary/aromatic N) is 2. The summed E-state index contributed by atoms with van der Waals surface area (Å²) in [6, 6.07) is 2.81. The molecule has 4 heterocycles. The van der Waals surface area contributed by atoms with Gasteiger partial charge in [0.05, 0.1) is 40.5 Å². The van der Waals surface area contributed by atoms with Gasteiger partial charge < -0.3 is 19.7 Å². The summed E-state index contributed by atoms with van der Waals surface area (Å²) in [6.07, 6.45) is 4.03. The highest BCUT2D eigenvalue weighted by molar-refractivity contribution is 5.94. The highest BCUT2D eigenvalue weighted by Crippen LogP contribution is 2.73. The van der Waals surface area contributed by atoms with Crippen LogP contribution in [0.3, 0.4) is 0 Å². The van der Waals surface area contributed by atoms with Crippen LogP contribution in [-0.2, 0) is 39.5 Å². The number of benzene rings is 1. The number of cyclic esters (lactones) is 1. The van der Waals surface area contributed by atoms with Gasteiger partial charge in [-0.1, -0.05) is 13.8 Å². The molecular formula is C31H30FN3O5. The molecule has 0 spiro atoms. The Bertz CT molecular complexity index is 1790. The van der Waals surface area contributed by atoms with Gasteiger partial charge in [0.1, 0.15) is 12.4 Å². The molecule has 9 heteroatoms. The highest BCUT2D eigenvalue weighted by atomic mass is 19.1. The maximum Gasteiger partial charge on any atom is 0.343 e.